The molecule has 1 fully saturated rings. The molecule has 25 heavy (non-hydrogen) atoms. The second-order valence-electron chi connectivity index (χ2n) is 6.31. The number of urea groups is 1. The molecule has 1 aliphatic rings. The van der Waals surface area contributed by atoms with Crippen molar-refractivity contribution in [2.75, 3.05) is 52.8 Å². The molecule has 138 valence electrons. The van der Waals surface area contributed by atoms with Crippen molar-refractivity contribution < 1.29 is 19.1 Å². The zero-order valence-electron chi connectivity index (χ0n) is 15.2. The Kier molecular flexibility index (Phi) is 7.06. The van der Waals surface area contributed by atoms with Crippen molar-refractivity contribution in [2.24, 2.45) is 5.92 Å². The summed E-state index contributed by atoms with van der Waals surface area (Å²) in [6.45, 7) is 2.14. The fourth-order valence-corrected chi connectivity index (χ4v) is 2.81. The summed E-state index contributed by atoms with van der Waals surface area (Å²) in [7, 11) is 5.12. The number of hydrogen-bond acceptors (Lipinski definition) is 4. The molecular weight excluding hydrogens is 322 g/mol. The Labute approximate surface area is 148 Å². The van der Waals surface area contributed by atoms with Gasteiger partial charge in [-0.25, -0.2) is 4.79 Å². The van der Waals surface area contributed by atoms with E-state index in [2.05, 4.69) is 5.32 Å². The highest BCUT2D eigenvalue weighted by Crippen LogP contribution is 2.20. The molecule has 1 heterocycles. The minimum atomic E-state index is -0.177. The number of carbonyl (C=O) groups excluding carboxylic acids is 2. The van der Waals surface area contributed by atoms with Crippen molar-refractivity contribution >= 4 is 17.6 Å². The predicted octanol–water partition coefficient (Wildman–Crippen LogP) is 2.04. The second-order valence-corrected chi connectivity index (χ2v) is 6.31. The van der Waals surface area contributed by atoms with Gasteiger partial charge in [-0.2, -0.15) is 0 Å². The van der Waals surface area contributed by atoms with Gasteiger partial charge < -0.3 is 24.6 Å². The van der Waals surface area contributed by atoms with Crippen LogP contribution in [-0.4, -0.2) is 69.2 Å². The van der Waals surface area contributed by atoms with Crippen LogP contribution in [0.2, 0.25) is 0 Å². The standard InChI is InChI=1S/C18H27N3O4/c1-20(2)17(22)14-5-4-10-21(13-14)18(23)19-15-6-8-16(9-7-15)25-12-11-24-3/h6-9,14H,4-5,10-13H2,1-3H3,(H,19,23)/t14-/m0/s1. The van der Waals surface area contributed by atoms with Crippen LogP contribution in [0.1, 0.15) is 12.8 Å². The number of benzene rings is 1. The molecule has 0 bridgehead atoms. The van der Waals surface area contributed by atoms with E-state index in [4.69, 9.17) is 9.47 Å². The molecule has 0 aliphatic carbocycles. The van der Waals surface area contributed by atoms with Crippen molar-refractivity contribution in [1.29, 1.82) is 0 Å². The zero-order chi connectivity index (χ0) is 18.2. The van der Waals surface area contributed by atoms with E-state index in [-0.39, 0.29) is 17.9 Å². The van der Waals surface area contributed by atoms with Crippen LogP contribution in [0.5, 0.6) is 5.75 Å². The number of rotatable bonds is 6. The Hall–Kier alpha value is -2.28. The SMILES string of the molecule is COCCOc1ccc(NC(=O)N2CCC[C@H](C(=O)N(C)C)C2)cc1. The van der Waals surface area contributed by atoms with Crippen LogP contribution in [-0.2, 0) is 9.53 Å². The number of likely N-dealkylation sites (tertiary alicyclic amines) is 1. The number of methoxy groups -OCH3 is 1. The minimum absolute atomic E-state index is 0.0788. The molecule has 0 aromatic heterocycles. The first kappa shape index (κ1) is 19.1. The zero-order valence-corrected chi connectivity index (χ0v) is 15.2. The largest absolute Gasteiger partial charge is 0.491 e. The number of nitrogens with one attached hydrogen (secondary N) is 1. The lowest BCUT2D eigenvalue weighted by Crippen LogP contribution is -2.46. The fraction of sp³-hybridized carbons (Fsp3) is 0.556. The first-order valence-electron chi connectivity index (χ1n) is 8.50. The molecule has 3 amide bonds. The summed E-state index contributed by atoms with van der Waals surface area (Å²) in [5, 5.41) is 2.88. The van der Waals surface area contributed by atoms with E-state index in [1.165, 1.54) is 0 Å². The maximum absolute atomic E-state index is 12.4. The van der Waals surface area contributed by atoms with Crippen LogP contribution in [0, 0.1) is 5.92 Å². The Morgan fingerprint density at radius 3 is 2.60 bits per heavy atom. The first-order chi connectivity index (χ1) is 12.0. The van der Waals surface area contributed by atoms with Crippen LogP contribution in [0.15, 0.2) is 24.3 Å². The van der Waals surface area contributed by atoms with Gasteiger partial charge in [0.1, 0.15) is 12.4 Å². The number of anilines is 1. The Bertz CT molecular complexity index is 574. The maximum Gasteiger partial charge on any atom is 0.321 e. The molecule has 7 nitrogen and oxygen atoms in total. The average molecular weight is 349 g/mol. The van der Waals surface area contributed by atoms with Gasteiger partial charge in [0.2, 0.25) is 5.91 Å². The minimum Gasteiger partial charge on any atom is -0.491 e. The summed E-state index contributed by atoms with van der Waals surface area (Å²) >= 11 is 0. The number of amides is 3. The number of piperidine rings is 1. The normalized spacial score (nSPS) is 17.1. The van der Waals surface area contributed by atoms with Crippen LogP contribution in [0.4, 0.5) is 10.5 Å². The van der Waals surface area contributed by atoms with Crippen molar-refractivity contribution in [1.82, 2.24) is 9.80 Å². The maximum atomic E-state index is 12.4. The molecule has 0 saturated carbocycles. The third-order valence-electron chi connectivity index (χ3n) is 4.16. The Morgan fingerprint density at radius 1 is 1.24 bits per heavy atom. The van der Waals surface area contributed by atoms with Crippen LogP contribution in [0.25, 0.3) is 0 Å². The molecular formula is C18H27N3O4. The molecule has 1 N–H and O–H groups in total. The summed E-state index contributed by atoms with van der Waals surface area (Å²) in [6.07, 6.45) is 1.66. The summed E-state index contributed by atoms with van der Waals surface area (Å²) in [6, 6.07) is 7.03. The van der Waals surface area contributed by atoms with E-state index in [0.717, 1.165) is 18.6 Å². The van der Waals surface area contributed by atoms with E-state index in [1.54, 1.807) is 55.3 Å². The van der Waals surface area contributed by atoms with E-state index in [9.17, 15) is 9.59 Å². The lowest BCUT2D eigenvalue weighted by Gasteiger charge is -2.33. The van der Waals surface area contributed by atoms with E-state index < -0.39 is 0 Å². The Balaban J connectivity index is 1.87. The number of carbonyl (C=O) groups is 2. The predicted molar refractivity (Wildman–Crippen MR) is 95.8 cm³/mol. The molecule has 1 aromatic rings. The summed E-state index contributed by atoms with van der Waals surface area (Å²) in [5.74, 6) is 0.686. The monoisotopic (exact) mass is 349 g/mol. The van der Waals surface area contributed by atoms with E-state index in [1.807, 2.05) is 0 Å². The van der Waals surface area contributed by atoms with Crippen molar-refractivity contribution in [3.8, 4) is 5.75 Å². The Morgan fingerprint density at radius 2 is 1.96 bits per heavy atom. The third-order valence-corrected chi connectivity index (χ3v) is 4.16. The topological polar surface area (TPSA) is 71.1 Å². The molecule has 0 unspecified atom stereocenters. The highest BCUT2D eigenvalue weighted by atomic mass is 16.5. The van der Waals surface area contributed by atoms with E-state index in [0.29, 0.717) is 32.0 Å². The fourth-order valence-electron chi connectivity index (χ4n) is 2.81. The smallest absolute Gasteiger partial charge is 0.321 e. The van der Waals surface area contributed by atoms with Gasteiger partial charge in [-0.3, -0.25) is 4.79 Å². The number of hydrogen-bond donors (Lipinski definition) is 1. The van der Waals surface area contributed by atoms with Gasteiger partial charge in [-0.1, -0.05) is 0 Å². The van der Waals surface area contributed by atoms with Gasteiger partial charge in [0.05, 0.1) is 12.5 Å². The molecule has 1 aromatic carbocycles. The molecule has 0 spiro atoms. The molecule has 1 saturated heterocycles. The summed E-state index contributed by atoms with van der Waals surface area (Å²) in [5.41, 5.74) is 0.699. The van der Waals surface area contributed by atoms with Crippen LogP contribution in [0.3, 0.4) is 0 Å². The van der Waals surface area contributed by atoms with E-state index >= 15 is 0 Å². The number of nitrogens with zero attached hydrogens (tertiary/aromatic N) is 2. The van der Waals surface area contributed by atoms with Crippen molar-refractivity contribution in [3.05, 3.63) is 24.3 Å². The molecule has 0 radical (unpaired) electrons. The van der Waals surface area contributed by atoms with Crippen LogP contribution >= 0.6 is 0 Å². The van der Waals surface area contributed by atoms with Gasteiger partial charge in [0, 0.05) is 40.0 Å². The van der Waals surface area contributed by atoms with Crippen LogP contribution < -0.4 is 10.1 Å². The van der Waals surface area contributed by atoms with Gasteiger partial charge >= 0.3 is 6.03 Å². The van der Waals surface area contributed by atoms with Gasteiger partial charge in [-0.05, 0) is 37.1 Å². The molecule has 2 rings (SSSR count). The lowest BCUT2D eigenvalue weighted by atomic mass is 9.97. The highest BCUT2D eigenvalue weighted by molar-refractivity contribution is 5.90. The van der Waals surface area contributed by atoms with Crippen molar-refractivity contribution in [3.63, 3.8) is 0 Å². The first-order valence-corrected chi connectivity index (χ1v) is 8.50. The van der Waals surface area contributed by atoms with Gasteiger partial charge in [0.15, 0.2) is 0 Å². The molecule has 1 aliphatic heterocycles. The third kappa shape index (κ3) is 5.63. The van der Waals surface area contributed by atoms with Crippen molar-refractivity contribution in [2.45, 2.75) is 12.8 Å². The summed E-state index contributed by atoms with van der Waals surface area (Å²) < 4.78 is 10.4. The number of ether oxygens (including phenoxy) is 2. The van der Waals surface area contributed by atoms with Gasteiger partial charge in [0.25, 0.3) is 0 Å². The highest BCUT2D eigenvalue weighted by Gasteiger charge is 2.29. The average Bonchev–Trinajstić information content (AvgIpc) is 2.62. The quantitative estimate of drug-likeness (QED) is 0.798. The second kappa shape index (κ2) is 9.27. The summed E-state index contributed by atoms with van der Waals surface area (Å²) in [4.78, 5) is 27.9. The van der Waals surface area contributed by atoms with Gasteiger partial charge in [-0.15, -0.1) is 0 Å². The lowest BCUT2D eigenvalue weighted by molar-refractivity contribution is -0.134. The molecule has 1 atom stereocenters. The molecule has 7 heteroatoms.